The first-order chi connectivity index (χ1) is 7.81. The molecule has 92 valence electrons. The predicted molar refractivity (Wildman–Crippen MR) is 68.6 cm³/mol. The van der Waals surface area contributed by atoms with E-state index in [9.17, 15) is 0 Å². The maximum absolute atomic E-state index is 5.27. The molecule has 2 atom stereocenters. The molecule has 0 aromatic rings. The van der Waals surface area contributed by atoms with Gasteiger partial charge in [-0.1, -0.05) is 0 Å². The first-order valence-corrected chi connectivity index (χ1v) is 6.49. The van der Waals surface area contributed by atoms with Gasteiger partial charge in [0.2, 0.25) is 0 Å². The second kappa shape index (κ2) is 5.80. The van der Waals surface area contributed by atoms with E-state index in [4.69, 9.17) is 17.0 Å². The Morgan fingerprint density at radius 2 is 2.31 bits per heavy atom. The minimum Gasteiger partial charge on any atom is -0.383 e. The number of hydrogen-bond donors (Lipinski definition) is 2. The lowest BCUT2D eigenvalue weighted by atomic mass is 10.1. The highest BCUT2D eigenvalue weighted by Crippen LogP contribution is 2.27. The third-order valence-electron chi connectivity index (χ3n) is 3.51. The number of rotatable bonds is 4. The van der Waals surface area contributed by atoms with Gasteiger partial charge in [-0.25, -0.2) is 0 Å². The number of ether oxygens (including phenoxy) is 1. The number of hydrogen-bond acceptors (Lipinski definition) is 3. The molecule has 2 unspecified atom stereocenters. The van der Waals surface area contributed by atoms with Crippen LogP contribution in [0.4, 0.5) is 0 Å². The van der Waals surface area contributed by atoms with Crippen molar-refractivity contribution in [2.75, 3.05) is 33.4 Å². The Hall–Kier alpha value is -0.390. The summed E-state index contributed by atoms with van der Waals surface area (Å²) in [5.74, 6) is 0. The topological polar surface area (TPSA) is 36.5 Å². The van der Waals surface area contributed by atoms with Gasteiger partial charge in [-0.2, -0.15) is 0 Å². The van der Waals surface area contributed by atoms with E-state index in [2.05, 4.69) is 15.5 Å². The first-order valence-electron chi connectivity index (χ1n) is 6.08. The molecule has 2 N–H and O–H groups in total. The van der Waals surface area contributed by atoms with Crippen LogP contribution in [0.1, 0.15) is 19.3 Å². The molecule has 4 nitrogen and oxygen atoms in total. The van der Waals surface area contributed by atoms with Crippen LogP contribution in [0.3, 0.4) is 0 Å². The summed E-state index contributed by atoms with van der Waals surface area (Å²) in [7, 11) is 1.70. The summed E-state index contributed by atoms with van der Waals surface area (Å²) in [6, 6.07) is 1.26. The van der Waals surface area contributed by atoms with Crippen LogP contribution in [0.5, 0.6) is 0 Å². The Morgan fingerprint density at radius 3 is 3.12 bits per heavy atom. The Bertz CT molecular complexity index is 249. The minimum absolute atomic E-state index is 0.546. The van der Waals surface area contributed by atoms with Crippen molar-refractivity contribution in [2.24, 2.45) is 0 Å². The lowest BCUT2D eigenvalue weighted by Gasteiger charge is -2.22. The zero-order valence-corrected chi connectivity index (χ0v) is 10.7. The van der Waals surface area contributed by atoms with E-state index in [-0.39, 0.29) is 0 Å². The molecule has 2 aliphatic heterocycles. The Morgan fingerprint density at radius 1 is 1.44 bits per heavy atom. The lowest BCUT2D eigenvalue weighted by molar-refractivity contribution is 0.203. The zero-order valence-electron chi connectivity index (χ0n) is 9.87. The smallest absolute Gasteiger partial charge is 0.166 e. The molecule has 0 bridgehead atoms. The van der Waals surface area contributed by atoms with Gasteiger partial charge in [0.15, 0.2) is 5.11 Å². The Labute approximate surface area is 103 Å². The van der Waals surface area contributed by atoms with Crippen molar-refractivity contribution in [1.29, 1.82) is 0 Å². The molecule has 0 spiro atoms. The highest BCUT2D eigenvalue weighted by molar-refractivity contribution is 7.80. The van der Waals surface area contributed by atoms with Gasteiger partial charge in [-0.3, -0.25) is 4.90 Å². The molecule has 2 heterocycles. The van der Waals surface area contributed by atoms with Gasteiger partial charge in [0.1, 0.15) is 0 Å². The molecular formula is C11H21N3OS. The molecule has 0 saturated carbocycles. The summed E-state index contributed by atoms with van der Waals surface area (Å²) in [6.07, 6.45) is 3.88. The molecule has 0 aromatic carbocycles. The maximum Gasteiger partial charge on any atom is 0.166 e. The fraction of sp³-hybridized carbons (Fsp3) is 0.909. The van der Waals surface area contributed by atoms with Gasteiger partial charge in [0, 0.05) is 32.3 Å². The highest BCUT2D eigenvalue weighted by atomic mass is 32.1. The molecule has 0 radical (unpaired) electrons. The number of thiocarbonyl (C=S) groups is 1. The van der Waals surface area contributed by atoms with Crippen molar-refractivity contribution in [1.82, 2.24) is 15.5 Å². The normalized spacial score (nSPS) is 29.1. The molecule has 0 aromatic heterocycles. The molecule has 2 aliphatic rings. The molecular weight excluding hydrogens is 222 g/mol. The fourth-order valence-electron chi connectivity index (χ4n) is 2.74. The average molecular weight is 243 g/mol. The molecule has 5 heteroatoms. The molecule has 0 amide bonds. The van der Waals surface area contributed by atoms with Crippen molar-refractivity contribution < 1.29 is 4.74 Å². The Balaban J connectivity index is 1.70. The van der Waals surface area contributed by atoms with Crippen LogP contribution < -0.4 is 10.6 Å². The van der Waals surface area contributed by atoms with Gasteiger partial charge in [-0.05, 0) is 38.0 Å². The second-order valence-corrected chi connectivity index (χ2v) is 4.94. The predicted octanol–water partition coefficient (Wildman–Crippen LogP) is 0.334. The summed E-state index contributed by atoms with van der Waals surface area (Å²) in [6.45, 7) is 3.97. The number of nitrogens with zero attached hydrogens (tertiary/aromatic N) is 1. The number of methoxy groups -OCH3 is 1. The largest absolute Gasteiger partial charge is 0.383 e. The highest BCUT2D eigenvalue weighted by Gasteiger charge is 2.37. The van der Waals surface area contributed by atoms with Crippen LogP contribution in [0.25, 0.3) is 0 Å². The summed E-state index contributed by atoms with van der Waals surface area (Å²) in [5.41, 5.74) is 0. The van der Waals surface area contributed by atoms with E-state index < -0.39 is 0 Å². The quantitative estimate of drug-likeness (QED) is 0.550. The fourth-order valence-corrected chi connectivity index (χ4v) is 2.99. The van der Waals surface area contributed by atoms with Gasteiger partial charge < -0.3 is 15.4 Å². The van der Waals surface area contributed by atoms with Gasteiger partial charge in [-0.15, -0.1) is 0 Å². The van der Waals surface area contributed by atoms with E-state index >= 15 is 0 Å². The van der Waals surface area contributed by atoms with Crippen LogP contribution in [0.15, 0.2) is 0 Å². The molecule has 0 aliphatic carbocycles. The second-order valence-electron chi connectivity index (χ2n) is 4.53. The zero-order chi connectivity index (χ0) is 11.4. The molecule has 2 fully saturated rings. The SMILES string of the molecule is COCCNC(=S)NC1CCN2CCCC12. The van der Waals surface area contributed by atoms with E-state index in [1.807, 2.05) is 0 Å². The van der Waals surface area contributed by atoms with Crippen molar-refractivity contribution in [2.45, 2.75) is 31.3 Å². The summed E-state index contributed by atoms with van der Waals surface area (Å²) >= 11 is 5.27. The monoisotopic (exact) mass is 243 g/mol. The standard InChI is InChI=1S/C11H21N3OS/c1-15-8-5-12-11(16)13-9-4-7-14-6-2-3-10(9)14/h9-10H,2-8H2,1H3,(H2,12,13,16). The average Bonchev–Trinajstić information content (AvgIpc) is 2.83. The number of nitrogens with one attached hydrogen (secondary N) is 2. The summed E-state index contributed by atoms with van der Waals surface area (Å²) in [4.78, 5) is 2.58. The Kier molecular flexibility index (Phi) is 4.37. The summed E-state index contributed by atoms with van der Waals surface area (Å²) < 4.78 is 4.97. The van der Waals surface area contributed by atoms with Crippen LogP contribution in [0, 0.1) is 0 Å². The minimum atomic E-state index is 0.546. The van der Waals surface area contributed by atoms with E-state index in [0.29, 0.717) is 18.7 Å². The third-order valence-corrected chi connectivity index (χ3v) is 3.78. The third kappa shape index (κ3) is 2.84. The van der Waals surface area contributed by atoms with Crippen molar-refractivity contribution in [3.63, 3.8) is 0 Å². The van der Waals surface area contributed by atoms with E-state index in [1.54, 1.807) is 7.11 Å². The van der Waals surface area contributed by atoms with E-state index in [0.717, 1.165) is 11.7 Å². The van der Waals surface area contributed by atoms with Gasteiger partial charge in [0.05, 0.1) is 6.61 Å². The molecule has 16 heavy (non-hydrogen) atoms. The van der Waals surface area contributed by atoms with Crippen LogP contribution in [0.2, 0.25) is 0 Å². The van der Waals surface area contributed by atoms with E-state index in [1.165, 1.54) is 32.4 Å². The van der Waals surface area contributed by atoms with Crippen LogP contribution in [-0.4, -0.2) is 55.4 Å². The van der Waals surface area contributed by atoms with Crippen molar-refractivity contribution in [3.8, 4) is 0 Å². The lowest BCUT2D eigenvalue weighted by Crippen LogP contribution is -2.47. The van der Waals surface area contributed by atoms with Gasteiger partial charge >= 0.3 is 0 Å². The van der Waals surface area contributed by atoms with Crippen molar-refractivity contribution >= 4 is 17.3 Å². The molecule has 2 saturated heterocycles. The molecule has 2 rings (SSSR count). The van der Waals surface area contributed by atoms with Crippen molar-refractivity contribution in [3.05, 3.63) is 0 Å². The van der Waals surface area contributed by atoms with Crippen LogP contribution in [-0.2, 0) is 4.74 Å². The van der Waals surface area contributed by atoms with Crippen LogP contribution >= 0.6 is 12.2 Å². The first kappa shape index (κ1) is 12.1. The van der Waals surface area contributed by atoms with Gasteiger partial charge in [0.25, 0.3) is 0 Å². The summed E-state index contributed by atoms with van der Waals surface area (Å²) in [5, 5.41) is 7.37. The number of fused-ring (bicyclic) bond motifs is 1. The maximum atomic E-state index is 5.27.